The van der Waals surface area contributed by atoms with Gasteiger partial charge >= 0.3 is 0 Å². The molecule has 4 atom stereocenters. The number of fused-ring (bicyclic) bond motifs is 3. The zero-order valence-corrected chi connectivity index (χ0v) is 17.1. The summed E-state index contributed by atoms with van der Waals surface area (Å²) in [5.41, 5.74) is 1.85. The SMILES string of the molecule is COCc1cn(CC2CC3CCN2CC3C(=O)NCc2ccccc2OC)nn1. The van der Waals surface area contributed by atoms with Gasteiger partial charge in [-0.1, -0.05) is 23.4 Å². The Labute approximate surface area is 171 Å². The molecule has 1 aromatic heterocycles. The number of ether oxygens (including phenoxy) is 2. The molecule has 2 bridgehead atoms. The minimum atomic E-state index is 0.0505. The average molecular weight is 399 g/mol. The van der Waals surface area contributed by atoms with Crippen LogP contribution in [0.3, 0.4) is 0 Å². The van der Waals surface area contributed by atoms with E-state index in [4.69, 9.17) is 9.47 Å². The van der Waals surface area contributed by atoms with Crippen molar-refractivity contribution in [2.24, 2.45) is 11.8 Å². The molecule has 5 rings (SSSR count). The van der Waals surface area contributed by atoms with Crippen LogP contribution in [0.15, 0.2) is 30.5 Å². The van der Waals surface area contributed by atoms with E-state index in [1.54, 1.807) is 14.2 Å². The van der Waals surface area contributed by atoms with Crippen molar-refractivity contribution in [3.63, 3.8) is 0 Å². The monoisotopic (exact) mass is 399 g/mol. The van der Waals surface area contributed by atoms with Gasteiger partial charge in [-0.05, 0) is 31.4 Å². The Hall–Kier alpha value is -2.45. The van der Waals surface area contributed by atoms with E-state index in [1.807, 2.05) is 35.1 Å². The van der Waals surface area contributed by atoms with Crippen LogP contribution in [0.4, 0.5) is 0 Å². The maximum absolute atomic E-state index is 12.9. The quantitative estimate of drug-likeness (QED) is 0.724. The predicted molar refractivity (Wildman–Crippen MR) is 107 cm³/mol. The topological polar surface area (TPSA) is 81.5 Å². The summed E-state index contributed by atoms with van der Waals surface area (Å²) in [5.74, 6) is 1.42. The van der Waals surface area contributed by atoms with Gasteiger partial charge in [0.05, 0.1) is 32.4 Å². The Bertz CT molecular complexity index is 839. The predicted octanol–water partition coefficient (Wildman–Crippen LogP) is 1.46. The third-order valence-electron chi connectivity index (χ3n) is 6.14. The lowest BCUT2D eigenvalue weighted by atomic mass is 9.75. The van der Waals surface area contributed by atoms with Crippen molar-refractivity contribution < 1.29 is 14.3 Å². The molecule has 3 aliphatic rings. The molecule has 0 aliphatic carbocycles. The summed E-state index contributed by atoms with van der Waals surface area (Å²) >= 11 is 0. The fourth-order valence-corrected chi connectivity index (χ4v) is 4.65. The van der Waals surface area contributed by atoms with Crippen LogP contribution < -0.4 is 10.1 Å². The number of hydrogen-bond donors (Lipinski definition) is 1. The Morgan fingerprint density at radius 3 is 2.93 bits per heavy atom. The van der Waals surface area contributed by atoms with Crippen LogP contribution in [0, 0.1) is 11.8 Å². The molecule has 2 aromatic rings. The molecule has 8 nitrogen and oxygen atoms in total. The second-order valence-corrected chi connectivity index (χ2v) is 7.93. The van der Waals surface area contributed by atoms with Gasteiger partial charge in [-0.15, -0.1) is 5.10 Å². The number of para-hydroxylation sites is 1. The largest absolute Gasteiger partial charge is 0.496 e. The van der Waals surface area contributed by atoms with E-state index in [0.29, 0.717) is 25.1 Å². The van der Waals surface area contributed by atoms with Crippen LogP contribution in [0.1, 0.15) is 24.1 Å². The Kier molecular flexibility index (Phi) is 6.10. The maximum Gasteiger partial charge on any atom is 0.224 e. The number of hydrogen-bond acceptors (Lipinski definition) is 6. The van der Waals surface area contributed by atoms with Gasteiger partial charge < -0.3 is 14.8 Å². The van der Waals surface area contributed by atoms with Crippen molar-refractivity contribution in [3.05, 3.63) is 41.7 Å². The molecule has 3 aliphatic heterocycles. The van der Waals surface area contributed by atoms with Crippen LogP contribution in [-0.4, -0.2) is 59.2 Å². The lowest BCUT2D eigenvalue weighted by molar-refractivity contribution is -0.133. The summed E-state index contributed by atoms with van der Waals surface area (Å²) in [6, 6.07) is 8.21. The third kappa shape index (κ3) is 4.43. The van der Waals surface area contributed by atoms with Crippen LogP contribution in [0.5, 0.6) is 5.75 Å². The molecule has 4 unspecified atom stereocenters. The molecule has 3 fully saturated rings. The second kappa shape index (κ2) is 8.92. The van der Waals surface area contributed by atoms with Crippen molar-refractivity contribution in [3.8, 4) is 5.75 Å². The number of carbonyl (C=O) groups is 1. The first-order valence-electron chi connectivity index (χ1n) is 10.2. The highest BCUT2D eigenvalue weighted by molar-refractivity contribution is 5.79. The molecular formula is C21H29N5O3. The van der Waals surface area contributed by atoms with Crippen molar-refractivity contribution in [1.29, 1.82) is 0 Å². The number of piperidine rings is 3. The summed E-state index contributed by atoms with van der Waals surface area (Å²) in [5, 5.41) is 11.5. The normalized spacial score (nSPS) is 25.7. The summed E-state index contributed by atoms with van der Waals surface area (Å²) in [6.07, 6.45) is 4.05. The van der Waals surface area contributed by atoms with E-state index in [2.05, 4.69) is 20.5 Å². The third-order valence-corrected chi connectivity index (χ3v) is 6.14. The highest BCUT2D eigenvalue weighted by Gasteiger charge is 2.43. The first-order valence-corrected chi connectivity index (χ1v) is 10.2. The molecule has 1 N–H and O–H groups in total. The zero-order valence-electron chi connectivity index (χ0n) is 17.1. The van der Waals surface area contributed by atoms with Gasteiger partial charge in [0.2, 0.25) is 5.91 Å². The molecule has 8 heteroatoms. The Morgan fingerprint density at radius 2 is 2.17 bits per heavy atom. The lowest BCUT2D eigenvalue weighted by Gasteiger charge is -2.49. The minimum absolute atomic E-state index is 0.0505. The number of benzene rings is 1. The van der Waals surface area contributed by atoms with Crippen LogP contribution in [0.2, 0.25) is 0 Å². The van der Waals surface area contributed by atoms with Crippen molar-refractivity contribution in [2.75, 3.05) is 27.3 Å². The first kappa shape index (κ1) is 19.8. The molecule has 0 spiro atoms. The molecular weight excluding hydrogens is 370 g/mol. The van der Waals surface area contributed by atoms with Gasteiger partial charge in [0.1, 0.15) is 11.4 Å². The van der Waals surface area contributed by atoms with Crippen molar-refractivity contribution >= 4 is 5.91 Å². The zero-order chi connectivity index (χ0) is 20.2. The smallest absolute Gasteiger partial charge is 0.224 e. The Morgan fingerprint density at radius 1 is 1.31 bits per heavy atom. The number of methoxy groups -OCH3 is 2. The van der Waals surface area contributed by atoms with Crippen LogP contribution in [0.25, 0.3) is 0 Å². The number of rotatable bonds is 8. The van der Waals surface area contributed by atoms with Gasteiger partial charge in [0, 0.05) is 31.8 Å². The number of carbonyl (C=O) groups excluding carboxylic acids is 1. The van der Waals surface area contributed by atoms with Gasteiger partial charge in [0.25, 0.3) is 0 Å². The van der Waals surface area contributed by atoms with Gasteiger partial charge in [-0.2, -0.15) is 0 Å². The number of aromatic nitrogens is 3. The molecule has 1 aromatic carbocycles. The molecule has 0 saturated carbocycles. The van der Waals surface area contributed by atoms with Gasteiger partial charge in [-0.25, -0.2) is 0 Å². The van der Waals surface area contributed by atoms with E-state index in [-0.39, 0.29) is 11.8 Å². The van der Waals surface area contributed by atoms with Crippen LogP contribution >= 0.6 is 0 Å². The molecule has 156 valence electrons. The molecule has 4 heterocycles. The fourth-order valence-electron chi connectivity index (χ4n) is 4.65. The summed E-state index contributed by atoms with van der Waals surface area (Å²) in [7, 11) is 3.31. The molecule has 3 saturated heterocycles. The fraction of sp³-hybridized carbons (Fsp3) is 0.571. The highest BCUT2D eigenvalue weighted by Crippen LogP contribution is 2.37. The minimum Gasteiger partial charge on any atom is -0.496 e. The summed E-state index contributed by atoms with van der Waals surface area (Å²) in [6.45, 7) is 3.64. The summed E-state index contributed by atoms with van der Waals surface area (Å²) < 4.78 is 12.4. The maximum atomic E-state index is 12.9. The average Bonchev–Trinajstić information content (AvgIpc) is 3.19. The Balaban J connectivity index is 1.33. The lowest BCUT2D eigenvalue weighted by Crippen LogP contribution is -2.58. The van der Waals surface area contributed by atoms with E-state index < -0.39 is 0 Å². The number of nitrogens with one attached hydrogen (secondary N) is 1. The van der Waals surface area contributed by atoms with E-state index in [9.17, 15) is 4.79 Å². The highest BCUT2D eigenvalue weighted by atomic mass is 16.5. The number of amides is 1. The van der Waals surface area contributed by atoms with E-state index >= 15 is 0 Å². The standard InChI is InChI=1S/C21H29N5O3/c1-28-14-17-11-26(24-23-17)12-18-9-15-7-8-25(18)13-19(15)21(27)22-10-16-5-3-4-6-20(16)29-2/h3-6,11,15,18-19H,7-10,12-14H2,1-2H3,(H,22,27). The van der Waals surface area contributed by atoms with Gasteiger partial charge in [-0.3, -0.25) is 14.4 Å². The number of nitrogens with zero attached hydrogens (tertiary/aromatic N) is 4. The summed E-state index contributed by atoms with van der Waals surface area (Å²) in [4.78, 5) is 15.3. The van der Waals surface area contributed by atoms with Crippen LogP contribution in [-0.2, 0) is 29.2 Å². The molecule has 29 heavy (non-hydrogen) atoms. The van der Waals surface area contributed by atoms with E-state index in [1.165, 1.54) is 0 Å². The van der Waals surface area contributed by atoms with Crippen molar-refractivity contribution in [2.45, 2.75) is 38.6 Å². The molecule has 1 amide bonds. The van der Waals surface area contributed by atoms with Gasteiger partial charge in [0.15, 0.2) is 0 Å². The second-order valence-electron chi connectivity index (χ2n) is 7.93. The van der Waals surface area contributed by atoms with Crippen molar-refractivity contribution in [1.82, 2.24) is 25.2 Å². The first-order chi connectivity index (χ1) is 14.2. The molecule has 0 radical (unpaired) electrons. The van der Waals surface area contributed by atoms with E-state index in [0.717, 1.165) is 49.5 Å².